The molecule has 104 valence electrons. The predicted molar refractivity (Wildman–Crippen MR) is 74.2 cm³/mol. The summed E-state index contributed by atoms with van der Waals surface area (Å²) in [6.45, 7) is 2.62. The summed E-state index contributed by atoms with van der Waals surface area (Å²) in [5.74, 6) is -0.198. The van der Waals surface area contributed by atoms with Crippen molar-refractivity contribution in [3.8, 4) is 0 Å². The molecule has 1 aromatic rings. The van der Waals surface area contributed by atoms with Gasteiger partial charge in [-0.15, -0.1) is 0 Å². The van der Waals surface area contributed by atoms with Crippen LogP contribution in [0.2, 0.25) is 0 Å². The zero-order valence-electron chi connectivity index (χ0n) is 11.2. The molecule has 1 rings (SSSR count). The van der Waals surface area contributed by atoms with E-state index in [-0.39, 0.29) is 30.7 Å². The molecule has 0 heterocycles. The Kier molecular flexibility index (Phi) is 6.60. The molecule has 2 amide bonds. The molecule has 0 fully saturated rings. The minimum atomic E-state index is -0.160. The van der Waals surface area contributed by atoms with Crippen LogP contribution in [0.25, 0.3) is 0 Å². The molecule has 0 saturated carbocycles. The minimum Gasteiger partial charge on any atom is -0.356 e. The Balaban J connectivity index is 2.13. The Bertz CT molecular complexity index is 404. The smallest absolute Gasteiger partial charge is 0.222 e. The van der Waals surface area contributed by atoms with Gasteiger partial charge < -0.3 is 16.4 Å². The van der Waals surface area contributed by atoms with Crippen molar-refractivity contribution < 1.29 is 9.59 Å². The summed E-state index contributed by atoms with van der Waals surface area (Å²) >= 11 is 0. The van der Waals surface area contributed by atoms with Crippen LogP contribution >= 0.6 is 0 Å². The van der Waals surface area contributed by atoms with Gasteiger partial charge in [0.2, 0.25) is 11.8 Å². The summed E-state index contributed by atoms with van der Waals surface area (Å²) in [7, 11) is 0. The highest BCUT2D eigenvalue weighted by molar-refractivity contribution is 5.79. The van der Waals surface area contributed by atoms with Gasteiger partial charge >= 0.3 is 0 Å². The first kappa shape index (κ1) is 15.2. The molecule has 1 aromatic carbocycles. The molecule has 1 atom stereocenters. The van der Waals surface area contributed by atoms with Gasteiger partial charge in [0.15, 0.2) is 0 Å². The van der Waals surface area contributed by atoms with E-state index in [1.165, 1.54) is 0 Å². The molecular formula is C14H21N3O2. The Hall–Kier alpha value is -1.88. The number of rotatable bonds is 7. The number of hydrogen-bond acceptors (Lipinski definition) is 3. The van der Waals surface area contributed by atoms with Crippen molar-refractivity contribution in [1.82, 2.24) is 10.6 Å². The molecule has 0 saturated heterocycles. The van der Waals surface area contributed by atoms with Crippen LogP contribution in [-0.4, -0.2) is 24.4 Å². The summed E-state index contributed by atoms with van der Waals surface area (Å²) in [6.07, 6.45) is 0.559. The molecule has 5 heteroatoms. The minimum absolute atomic E-state index is 0.0787. The van der Waals surface area contributed by atoms with Gasteiger partial charge in [-0.1, -0.05) is 30.3 Å². The van der Waals surface area contributed by atoms with Crippen molar-refractivity contribution in [2.75, 3.05) is 6.54 Å². The van der Waals surface area contributed by atoms with Crippen LogP contribution < -0.4 is 16.4 Å². The van der Waals surface area contributed by atoms with Gasteiger partial charge in [0, 0.05) is 32.0 Å². The molecule has 0 spiro atoms. The number of carbonyl (C=O) groups excluding carboxylic acids is 2. The van der Waals surface area contributed by atoms with E-state index in [0.717, 1.165) is 5.56 Å². The highest BCUT2D eigenvalue weighted by Gasteiger charge is 2.06. The number of benzene rings is 1. The first-order chi connectivity index (χ1) is 9.08. The van der Waals surface area contributed by atoms with Gasteiger partial charge in [0.25, 0.3) is 0 Å². The first-order valence-corrected chi connectivity index (χ1v) is 6.41. The van der Waals surface area contributed by atoms with E-state index in [9.17, 15) is 9.59 Å². The maximum atomic E-state index is 11.5. The summed E-state index contributed by atoms with van der Waals surface area (Å²) in [6, 6.07) is 9.52. The van der Waals surface area contributed by atoms with Crippen molar-refractivity contribution in [3.63, 3.8) is 0 Å². The second-order valence-corrected chi connectivity index (χ2v) is 4.54. The summed E-state index contributed by atoms with van der Waals surface area (Å²) in [4.78, 5) is 22.8. The summed E-state index contributed by atoms with van der Waals surface area (Å²) in [5.41, 5.74) is 6.55. The topological polar surface area (TPSA) is 84.2 Å². The van der Waals surface area contributed by atoms with E-state index < -0.39 is 0 Å². The predicted octanol–water partition coefficient (Wildman–Crippen LogP) is 0.546. The fourth-order valence-electron chi connectivity index (χ4n) is 1.56. The first-order valence-electron chi connectivity index (χ1n) is 6.41. The Morgan fingerprint density at radius 2 is 1.84 bits per heavy atom. The molecule has 0 radical (unpaired) electrons. The molecule has 0 aliphatic heterocycles. The van der Waals surface area contributed by atoms with E-state index in [1.54, 1.807) is 6.92 Å². The van der Waals surface area contributed by atoms with E-state index in [2.05, 4.69) is 10.6 Å². The van der Waals surface area contributed by atoms with Crippen LogP contribution in [-0.2, 0) is 16.1 Å². The van der Waals surface area contributed by atoms with Crippen LogP contribution in [0, 0.1) is 0 Å². The Labute approximate surface area is 113 Å². The highest BCUT2D eigenvalue weighted by Crippen LogP contribution is 1.97. The van der Waals surface area contributed by atoms with Gasteiger partial charge in [-0.05, 0) is 12.5 Å². The SMILES string of the molecule is CC(N)CC(=O)NCCC(=O)NCc1ccccc1. The third-order valence-corrected chi connectivity index (χ3v) is 2.51. The molecule has 0 aliphatic carbocycles. The van der Waals surface area contributed by atoms with Crippen LogP contribution in [0.5, 0.6) is 0 Å². The summed E-state index contributed by atoms with van der Waals surface area (Å²) in [5, 5.41) is 5.46. The fourth-order valence-corrected chi connectivity index (χ4v) is 1.56. The Morgan fingerprint density at radius 3 is 2.47 bits per heavy atom. The van der Waals surface area contributed by atoms with E-state index in [0.29, 0.717) is 13.1 Å². The maximum Gasteiger partial charge on any atom is 0.222 e. The number of nitrogens with two attached hydrogens (primary N) is 1. The number of nitrogens with one attached hydrogen (secondary N) is 2. The molecule has 19 heavy (non-hydrogen) atoms. The fraction of sp³-hybridized carbons (Fsp3) is 0.429. The quantitative estimate of drug-likeness (QED) is 0.671. The number of amides is 2. The third-order valence-electron chi connectivity index (χ3n) is 2.51. The molecule has 0 bridgehead atoms. The van der Waals surface area contributed by atoms with Crippen molar-refractivity contribution in [2.45, 2.75) is 32.4 Å². The van der Waals surface area contributed by atoms with E-state index in [1.807, 2.05) is 30.3 Å². The van der Waals surface area contributed by atoms with Crippen molar-refractivity contribution in [3.05, 3.63) is 35.9 Å². The lowest BCUT2D eigenvalue weighted by Gasteiger charge is -2.08. The van der Waals surface area contributed by atoms with Gasteiger partial charge in [-0.2, -0.15) is 0 Å². The monoisotopic (exact) mass is 263 g/mol. The van der Waals surface area contributed by atoms with Crippen LogP contribution in [0.1, 0.15) is 25.3 Å². The van der Waals surface area contributed by atoms with E-state index >= 15 is 0 Å². The normalized spacial score (nSPS) is 11.7. The average Bonchev–Trinajstić information content (AvgIpc) is 2.36. The molecule has 1 unspecified atom stereocenters. The maximum absolute atomic E-state index is 11.5. The van der Waals surface area contributed by atoms with Crippen LogP contribution in [0.3, 0.4) is 0 Å². The number of hydrogen-bond donors (Lipinski definition) is 3. The zero-order chi connectivity index (χ0) is 14.1. The second kappa shape index (κ2) is 8.26. The molecule has 4 N–H and O–H groups in total. The average molecular weight is 263 g/mol. The molecule has 5 nitrogen and oxygen atoms in total. The van der Waals surface area contributed by atoms with Gasteiger partial charge in [0.05, 0.1) is 0 Å². The molecular weight excluding hydrogens is 242 g/mol. The molecule has 0 aromatic heterocycles. The zero-order valence-corrected chi connectivity index (χ0v) is 11.2. The largest absolute Gasteiger partial charge is 0.356 e. The van der Waals surface area contributed by atoms with E-state index in [4.69, 9.17) is 5.73 Å². The third kappa shape index (κ3) is 7.21. The van der Waals surface area contributed by atoms with Crippen molar-refractivity contribution >= 4 is 11.8 Å². The molecule has 0 aliphatic rings. The lowest BCUT2D eigenvalue weighted by Crippen LogP contribution is -2.33. The van der Waals surface area contributed by atoms with Gasteiger partial charge in [-0.3, -0.25) is 9.59 Å². The van der Waals surface area contributed by atoms with Crippen molar-refractivity contribution in [1.29, 1.82) is 0 Å². The number of carbonyl (C=O) groups is 2. The lowest BCUT2D eigenvalue weighted by atomic mass is 10.2. The van der Waals surface area contributed by atoms with Gasteiger partial charge in [0.1, 0.15) is 0 Å². The highest BCUT2D eigenvalue weighted by atomic mass is 16.2. The van der Waals surface area contributed by atoms with Crippen LogP contribution in [0.15, 0.2) is 30.3 Å². The van der Waals surface area contributed by atoms with Gasteiger partial charge in [-0.25, -0.2) is 0 Å². The Morgan fingerprint density at radius 1 is 1.16 bits per heavy atom. The standard InChI is InChI=1S/C14H21N3O2/c1-11(15)9-14(19)16-8-7-13(18)17-10-12-5-3-2-4-6-12/h2-6,11H,7-10,15H2,1H3,(H,16,19)(H,17,18). The van der Waals surface area contributed by atoms with Crippen molar-refractivity contribution in [2.24, 2.45) is 5.73 Å². The lowest BCUT2D eigenvalue weighted by molar-refractivity contribution is -0.122. The second-order valence-electron chi connectivity index (χ2n) is 4.54. The van der Waals surface area contributed by atoms with Crippen LogP contribution in [0.4, 0.5) is 0 Å². The summed E-state index contributed by atoms with van der Waals surface area (Å²) < 4.78 is 0.